The van der Waals surface area contributed by atoms with Crippen LogP contribution in [-0.4, -0.2) is 25.6 Å². The molecule has 0 spiro atoms. The molecule has 4 rings (SSSR count). The summed E-state index contributed by atoms with van der Waals surface area (Å²) in [6, 6.07) is 1.09. The highest BCUT2D eigenvalue weighted by molar-refractivity contribution is 5.83. The van der Waals surface area contributed by atoms with E-state index < -0.39 is 0 Å². The van der Waals surface area contributed by atoms with E-state index in [0.29, 0.717) is 12.1 Å². The van der Waals surface area contributed by atoms with Gasteiger partial charge in [0, 0.05) is 12.1 Å². The lowest BCUT2D eigenvalue weighted by atomic mass is 10.2. The average molecular weight is 243 g/mol. The predicted octanol–water partition coefficient (Wildman–Crippen LogP) is 2.37. The van der Waals surface area contributed by atoms with Crippen molar-refractivity contribution in [1.82, 2.24) is 19.5 Å². The number of nitrogens with zero attached hydrogens (tertiary/aromatic N) is 4. The minimum atomic E-state index is 0.499. The van der Waals surface area contributed by atoms with Crippen LogP contribution < -0.4 is 5.32 Å². The van der Waals surface area contributed by atoms with E-state index in [1.165, 1.54) is 25.7 Å². The standard InChI is InChI=1S/C13H17N5/c1-8(9-2-3-9)18-7-16-11-12(17-10-4-5-10)14-6-15-13(11)18/h6-10H,2-5H2,1H3,(H,14,15,17). The van der Waals surface area contributed by atoms with Crippen molar-refractivity contribution in [3.05, 3.63) is 12.7 Å². The van der Waals surface area contributed by atoms with Crippen molar-refractivity contribution < 1.29 is 0 Å². The van der Waals surface area contributed by atoms with E-state index in [9.17, 15) is 0 Å². The zero-order valence-electron chi connectivity index (χ0n) is 10.5. The maximum Gasteiger partial charge on any atom is 0.165 e. The van der Waals surface area contributed by atoms with Crippen molar-refractivity contribution in [3.8, 4) is 0 Å². The Morgan fingerprint density at radius 2 is 2.06 bits per heavy atom. The summed E-state index contributed by atoms with van der Waals surface area (Å²) >= 11 is 0. The van der Waals surface area contributed by atoms with E-state index in [-0.39, 0.29) is 0 Å². The summed E-state index contributed by atoms with van der Waals surface area (Å²) in [5.41, 5.74) is 1.88. The maximum atomic E-state index is 4.51. The molecule has 5 nitrogen and oxygen atoms in total. The second kappa shape index (κ2) is 3.67. The van der Waals surface area contributed by atoms with Crippen molar-refractivity contribution in [2.24, 2.45) is 5.92 Å². The van der Waals surface area contributed by atoms with E-state index in [4.69, 9.17) is 0 Å². The molecule has 0 saturated heterocycles. The molecule has 2 heterocycles. The number of anilines is 1. The number of imidazole rings is 1. The van der Waals surface area contributed by atoms with Gasteiger partial charge >= 0.3 is 0 Å². The summed E-state index contributed by atoms with van der Waals surface area (Å²) in [5.74, 6) is 1.70. The molecule has 0 aliphatic heterocycles. The van der Waals surface area contributed by atoms with Gasteiger partial charge in [0.1, 0.15) is 11.8 Å². The molecule has 2 aromatic heterocycles. The van der Waals surface area contributed by atoms with Crippen molar-refractivity contribution in [2.75, 3.05) is 5.32 Å². The van der Waals surface area contributed by atoms with Crippen LogP contribution in [0.15, 0.2) is 12.7 Å². The van der Waals surface area contributed by atoms with E-state index in [2.05, 4.69) is 31.8 Å². The Hall–Kier alpha value is -1.65. The second-order valence-electron chi connectivity index (χ2n) is 5.54. The Balaban J connectivity index is 1.76. The summed E-state index contributed by atoms with van der Waals surface area (Å²) < 4.78 is 2.20. The molecule has 0 radical (unpaired) electrons. The molecule has 2 saturated carbocycles. The number of hydrogen-bond acceptors (Lipinski definition) is 4. The summed E-state index contributed by atoms with van der Waals surface area (Å²) in [6.07, 6.45) is 8.71. The van der Waals surface area contributed by atoms with Crippen LogP contribution in [0.3, 0.4) is 0 Å². The molecule has 5 heteroatoms. The summed E-state index contributed by atoms with van der Waals surface area (Å²) in [7, 11) is 0. The Kier molecular flexibility index (Phi) is 2.10. The number of fused-ring (bicyclic) bond motifs is 1. The SMILES string of the molecule is CC(C1CC1)n1cnc2c(NC3CC3)ncnc21. The van der Waals surface area contributed by atoms with Crippen LogP contribution in [-0.2, 0) is 0 Å². The molecule has 1 unspecified atom stereocenters. The Morgan fingerprint density at radius 3 is 2.78 bits per heavy atom. The van der Waals surface area contributed by atoms with Crippen LogP contribution in [0.1, 0.15) is 38.6 Å². The average Bonchev–Trinajstić information content (AvgIpc) is 3.27. The molecular weight excluding hydrogens is 226 g/mol. The summed E-state index contributed by atoms with van der Waals surface area (Å²) in [6.45, 7) is 2.26. The summed E-state index contributed by atoms with van der Waals surface area (Å²) in [5, 5.41) is 3.43. The molecule has 1 atom stereocenters. The first-order valence-electron chi connectivity index (χ1n) is 6.77. The fraction of sp³-hybridized carbons (Fsp3) is 0.615. The van der Waals surface area contributed by atoms with Gasteiger partial charge in [-0.05, 0) is 38.5 Å². The van der Waals surface area contributed by atoms with Gasteiger partial charge in [-0.3, -0.25) is 0 Å². The summed E-state index contributed by atoms with van der Waals surface area (Å²) in [4.78, 5) is 13.2. The van der Waals surface area contributed by atoms with Crippen LogP contribution in [0.2, 0.25) is 0 Å². The molecule has 2 aromatic rings. The third kappa shape index (κ3) is 1.65. The highest BCUT2D eigenvalue weighted by Crippen LogP contribution is 2.40. The molecular formula is C13H17N5. The number of nitrogens with one attached hydrogen (secondary N) is 1. The van der Waals surface area contributed by atoms with Gasteiger partial charge < -0.3 is 9.88 Å². The van der Waals surface area contributed by atoms with Gasteiger partial charge in [-0.2, -0.15) is 0 Å². The third-order valence-electron chi connectivity index (χ3n) is 4.02. The maximum absolute atomic E-state index is 4.51. The highest BCUT2D eigenvalue weighted by Gasteiger charge is 2.30. The minimum Gasteiger partial charge on any atom is -0.365 e. The Labute approximate surface area is 106 Å². The van der Waals surface area contributed by atoms with Crippen LogP contribution in [0.4, 0.5) is 5.82 Å². The van der Waals surface area contributed by atoms with Crippen molar-refractivity contribution in [1.29, 1.82) is 0 Å². The van der Waals surface area contributed by atoms with Crippen molar-refractivity contribution in [2.45, 2.75) is 44.7 Å². The zero-order valence-corrected chi connectivity index (χ0v) is 10.5. The van der Waals surface area contributed by atoms with Gasteiger partial charge in [-0.25, -0.2) is 15.0 Å². The molecule has 1 N–H and O–H groups in total. The number of rotatable bonds is 4. The second-order valence-corrected chi connectivity index (χ2v) is 5.54. The lowest BCUT2D eigenvalue weighted by Gasteiger charge is -2.12. The molecule has 2 fully saturated rings. The molecule has 0 aromatic carbocycles. The van der Waals surface area contributed by atoms with Gasteiger partial charge in [0.05, 0.1) is 6.33 Å². The Morgan fingerprint density at radius 1 is 1.22 bits per heavy atom. The first kappa shape index (κ1) is 10.3. The van der Waals surface area contributed by atoms with E-state index in [0.717, 1.165) is 22.9 Å². The van der Waals surface area contributed by atoms with Crippen LogP contribution >= 0.6 is 0 Å². The smallest absolute Gasteiger partial charge is 0.165 e. The molecule has 18 heavy (non-hydrogen) atoms. The first-order valence-corrected chi connectivity index (χ1v) is 6.77. The van der Waals surface area contributed by atoms with Crippen LogP contribution in [0.25, 0.3) is 11.2 Å². The largest absolute Gasteiger partial charge is 0.365 e. The first-order chi connectivity index (χ1) is 8.83. The van der Waals surface area contributed by atoms with Crippen LogP contribution in [0.5, 0.6) is 0 Å². The normalized spacial score (nSPS) is 21.2. The van der Waals surface area contributed by atoms with Gasteiger partial charge in [0.15, 0.2) is 11.5 Å². The van der Waals surface area contributed by atoms with Crippen molar-refractivity contribution in [3.63, 3.8) is 0 Å². The molecule has 0 bridgehead atoms. The van der Waals surface area contributed by atoms with Gasteiger partial charge in [-0.1, -0.05) is 0 Å². The lowest BCUT2D eigenvalue weighted by molar-refractivity contribution is 0.495. The fourth-order valence-corrected chi connectivity index (χ4v) is 2.48. The number of aromatic nitrogens is 4. The minimum absolute atomic E-state index is 0.499. The molecule has 2 aliphatic carbocycles. The molecule has 2 aliphatic rings. The number of hydrogen-bond donors (Lipinski definition) is 1. The van der Waals surface area contributed by atoms with Crippen LogP contribution in [0, 0.1) is 5.92 Å². The monoisotopic (exact) mass is 243 g/mol. The lowest BCUT2D eigenvalue weighted by Crippen LogP contribution is -2.08. The topological polar surface area (TPSA) is 55.6 Å². The fourth-order valence-electron chi connectivity index (χ4n) is 2.48. The van der Waals surface area contributed by atoms with Gasteiger partial charge in [-0.15, -0.1) is 0 Å². The predicted molar refractivity (Wildman–Crippen MR) is 69.4 cm³/mol. The van der Waals surface area contributed by atoms with Gasteiger partial charge in [0.2, 0.25) is 0 Å². The highest BCUT2D eigenvalue weighted by atomic mass is 15.2. The quantitative estimate of drug-likeness (QED) is 0.895. The van der Waals surface area contributed by atoms with Gasteiger partial charge in [0.25, 0.3) is 0 Å². The van der Waals surface area contributed by atoms with E-state index in [1.807, 2.05) is 6.33 Å². The molecule has 94 valence electrons. The van der Waals surface area contributed by atoms with E-state index >= 15 is 0 Å². The van der Waals surface area contributed by atoms with Crippen molar-refractivity contribution >= 4 is 17.0 Å². The van der Waals surface area contributed by atoms with E-state index in [1.54, 1.807) is 6.33 Å². The Bertz CT molecular complexity index is 582. The molecule has 0 amide bonds. The zero-order chi connectivity index (χ0) is 12.1. The third-order valence-corrected chi connectivity index (χ3v) is 4.02.